The molecule has 2 N–H and O–H groups in total. The predicted molar refractivity (Wildman–Crippen MR) is 137 cm³/mol. The van der Waals surface area contributed by atoms with Crippen LogP contribution >= 0.6 is 0 Å². The monoisotopic (exact) mass is 453 g/mol. The Labute approximate surface area is 200 Å². The van der Waals surface area contributed by atoms with Gasteiger partial charge in [0.2, 0.25) is 5.95 Å². The number of nitrogens with zero attached hydrogens (tertiary/aromatic N) is 4. The van der Waals surface area contributed by atoms with Gasteiger partial charge in [0.15, 0.2) is 0 Å². The lowest BCUT2D eigenvalue weighted by atomic mass is 9.76. The number of aromatic nitrogens is 2. The van der Waals surface area contributed by atoms with Crippen molar-refractivity contribution in [2.45, 2.75) is 53.0 Å². The maximum atomic E-state index is 6.16. The fourth-order valence-corrected chi connectivity index (χ4v) is 5.48. The number of hydrogen-bond donors (Lipinski definition) is 1. The van der Waals surface area contributed by atoms with Crippen molar-refractivity contribution in [3.8, 4) is 16.9 Å². The summed E-state index contributed by atoms with van der Waals surface area (Å²) in [5, 5.41) is 0. The summed E-state index contributed by atoms with van der Waals surface area (Å²) in [4.78, 5) is 16.4. The molecule has 174 valence electrons. The van der Waals surface area contributed by atoms with E-state index in [1.165, 1.54) is 28.0 Å². The van der Waals surface area contributed by atoms with Crippen LogP contribution in [-0.2, 0) is 25.8 Å². The molecule has 0 saturated carbocycles. The number of aryl methyl sites for hydroxylation is 1. The highest BCUT2D eigenvalue weighted by molar-refractivity contribution is 5.93. The van der Waals surface area contributed by atoms with Crippen LogP contribution in [0, 0.1) is 5.41 Å². The summed E-state index contributed by atoms with van der Waals surface area (Å²) in [6.07, 6.45) is 3.99. The minimum atomic E-state index is 0.239. The van der Waals surface area contributed by atoms with Gasteiger partial charge in [-0.1, -0.05) is 32.0 Å². The summed E-state index contributed by atoms with van der Waals surface area (Å²) in [6.45, 7) is 8.85. The Bertz CT molecular complexity index is 1330. The van der Waals surface area contributed by atoms with Crippen LogP contribution in [-0.4, -0.2) is 28.8 Å². The van der Waals surface area contributed by atoms with Crippen LogP contribution in [0.2, 0.25) is 0 Å². The maximum Gasteiger partial charge on any atom is 0.222 e. The number of benzene rings is 2. The first-order valence-electron chi connectivity index (χ1n) is 12.2. The van der Waals surface area contributed by atoms with E-state index < -0.39 is 0 Å². The normalized spacial score (nSPS) is 18.3. The lowest BCUT2D eigenvalue weighted by molar-refractivity contribution is 0.311. The maximum absolute atomic E-state index is 6.16. The average Bonchev–Trinajstić information content (AvgIpc) is 3.04. The van der Waals surface area contributed by atoms with Crippen molar-refractivity contribution in [3.05, 3.63) is 58.8 Å². The Morgan fingerprint density at radius 1 is 1.03 bits per heavy atom. The number of nitrogens with two attached hydrogens (primary N) is 1. The number of hydrogen-bond acceptors (Lipinski definition) is 6. The highest BCUT2D eigenvalue weighted by Crippen LogP contribution is 2.40. The van der Waals surface area contributed by atoms with Gasteiger partial charge in [0.1, 0.15) is 18.2 Å². The molecule has 0 saturated heterocycles. The largest absolute Gasteiger partial charge is 0.491 e. The lowest BCUT2D eigenvalue weighted by Crippen LogP contribution is -2.31. The van der Waals surface area contributed by atoms with Gasteiger partial charge in [-0.3, -0.25) is 4.99 Å². The van der Waals surface area contributed by atoms with Gasteiger partial charge in [-0.15, -0.1) is 0 Å². The number of nitrogen functional groups attached to an aromatic ring is 1. The third-order valence-electron chi connectivity index (χ3n) is 7.30. The van der Waals surface area contributed by atoms with Crippen molar-refractivity contribution in [3.63, 3.8) is 0 Å². The van der Waals surface area contributed by atoms with E-state index in [0.29, 0.717) is 12.6 Å². The second-order valence-corrected chi connectivity index (χ2v) is 10.6. The quantitative estimate of drug-likeness (QED) is 0.571. The van der Waals surface area contributed by atoms with Crippen molar-refractivity contribution in [2.24, 2.45) is 10.4 Å². The van der Waals surface area contributed by atoms with E-state index in [1.807, 2.05) is 0 Å². The zero-order valence-corrected chi connectivity index (χ0v) is 20.2. The molecule has 3 aliphatic rings. The fraction of sp³-hybridized carbons (Fsp3) is 0.393. The lowest BCUT2D eigenvalue weighted by Gasteiger charge is -2.34. The van der Waals surface area contributed by atoms with Gasteiger partial charge in [0.25, 0.3) is 0 Å². The number of anilines is 2. The molecule has 1 aliphatic carbocycles. The van der Waals surface area contributed by atoms with E-state index in [4.69, 9.17) is 20.4 Å². The number of rotatable bonds is 2. The molecule has 6 heteroatoms. The highest BCUT2D eigenvalue weighted by atomic mass is 16.5. The molecule has 0 spiro atoms. The molecule has 0 fully saturated rings. The highest BCUT2D eigenvalue weighted by Gasteiger charge is 2.31. The minimum absolute atomic E-state index is 0.239. The second kappa shape index (κ2) is 7.83. The van der Waals surface area contributed by atoms with Crippen LogP contribution in [0.25, 0.3) is 11.1 Å². The van der Waals surface area contributed by atoms with E-state index in [0.717, 1.165) is 67.3 Å². The molecule has 0 amide bonds. The SMILES string of the molecule is CC1=Nc2cc(-c3ccc4c(c3)CN(c3nc(N)nc5c3CC(C)(C)CC5)CCO4)ccc2C1. The molecule has 3 aromatic rings. The molecule has 2 aromatic carbocycles. The number of fused-ring (bicyclic) bond motifs is 3. The molecule has 6 rings (SSSR count). The molecule has 0 bridgehead atoms. The van der Waals surface area contributed by atoms with Crippen LogP contribution in [0.5, 0.6) is 5.75 Å². The Hall–Kier alpha value is -3.41. The van der Waals surface area contributed by atoms with E-state index in [1.54, 1.807) is 0 Å². The molecule has 34 heavy (non-hydrogen) atoms. The summed E-state index contributed by atoms with van der Waals surface area (Å²) >= 11 is 0. The number of ether oxygens (including phenoxy) is 1. The zero-order chi connectivity index (χ0) is 23.4. The molecule has 0 atom stereocenters. The van der Waals surface area contributed by atoms with Crippen molar-refractivity contribution in [1.29, 1.82) is 0 Å². The molecule has 3 heterocycles. The van der Waals surface area contributed by atoms with Gasteiger partial charge >= 0.3 is 0 Å². The Morgan fingerprint density at radius 2 is 1.85 bits per heavy atom. The second-order valence-electron chi connectivity index (χ2n) is 10.6. The summed E-state index contributed by atoms with van der Waals surface area (Å²) in [5.41, 5.74) is 15.8. The van der Waals surface area contributed by atoms with Gasteiger partial charge in [-0.05, 0) is 66.5 Å². The van der Waals surface area contributed by atoms with Crippen molar-refractivity contribution < 1.29 is 4.74 Å². The van der Waals surface area contributed by atoms with E-state index >= 15 is 0 Å². The van der Waals surface area contributed by atoms with Gasteiger partial charge in [0.05, 0.1) is 17.9 Å². The first-order valence-corrected chi connectivity index (χ1v) is 12.2. The van der Waals surface area contributed by atoms with Gasteiger partial charge < -0.3 is 15.4 Å². The minimum Gasteiger partial charge on any atom is -0.491 e. The van der Waals surface area contributed by atoms with Crippen LogP contribution in [0.15, 0.2) is 41.4 Å². The van der Waals surface area contributed by atoms with Crippen LogP contribution in [0.3, 0.4) is 0 Å². The molecular weight excluding hydrogens is 422 g/mol. The fourth-order valence-electron chi connectivity index (χ4n) is 5.48. The zero-order valence-electron chi connectivity index (χ0n) is 20.2. The van der Waals surface area contributed by atoms with Gasteiger partial charge in [-0.25, -0.2) is 4.98 Å². The summed E-state index contributed by atoms with van der Waals surface area (Å²) in [5.74, 6) is 2.28. The first-order chi connectivity index (χ1) is 16.3. The van der Waals surface area contributed by atoms with Crippen molar-refractivity contribution in [1.82, 2.24) is 9.97 Å². The van der Waals surface area contributed by atoms with Gasteiger partial charge in [0, 0.05) is 29.8 Å². The van der Waals surface area contributed by atoms with E-state index in [-0.39, 0.29) is 5.41 Å². The molecule has 0 unspecified atom stereocenters. The van der Waals surface area contributed by atoms with E-state index in [2.05, 4.69) is 67.1 Å². The first kappa shape index (κ1) is 21.1. The summed E-state index contributed by atoms with van der Waals surface area (Å²) < 4.78 is 6.16. The average molecular weight is 454 g/mol. The third kappa shape index (κ3) is 3.81. The summed E-state index contributed by atoms with van der Waals surface area (Å²) in [6, 6.07) is 13.1. The van der Waals surface area contributed by atoms with Gasteiger partial charge in [-0.2, -0.15) is 4.98 Å². The van der Waals surface area contributed by atoms with Crippen LogP contribution < -0.4 is 15.4 Å². The van der Waals surface area contributed by atoms with Crippen LogP contribution in [0.4, 0.5) is 17.5 Å². The van der Waals surface area contributed by atoms with Crippen molar-refractivity contribution in [2.75, 3.05) is 23.8 Å². The molecule has 0 radical (unpaired) electrons. The topological polar surface area (TPSA) is 76.6 Å². The van der Waals surface area contributed by atoms with Crippen LogP contribution in [0.1, 0.15) is 49.6 Å². The summed E-state index contributed by atoms with van der Waals surface area (Å²) in [7, 11) is 0. The number of aliphatic imine (C=N–C) groups is 1. The Balaban J connectivity index is 1.36. The molecule has 2 aliphatic heterocycles. The van der Waals surface area contributed by atoms with Crippen molar-refractivity contribution >= 4 is 23.2 Å². The molecule has 6 nitrogen and oxygen atoms in total. The standard InChI is InChI=1S/C28H31N5O/c1-17-12-20-5-4-19(14-24(20)30-17)18-6-7-25-21(13-18)16-33(10-11-34-25)26-22-15-28(2,3)9-8-23(22)31-27(29)32-26/h4-7,13-14H,8-12,15-16H2,1-3H3,(H2,29,31,32). The van der Waals surface area contributed by atoms with E-state index in [9.17, 15) is 0 Å². The Morgan fingerprint density at radius 3 is 2.74 bits per heavy atom. The predicted octanol–water partition coefficient (Wildman–Crippen LogP) is 5.29. The molecular formula is C28H31N5O. The smallest absolute Gasteiger partial charge is 0.222 e. The Kier molecular flexibility index (Phi) is 4.87. The third-order valence-corrected chi connectivity index (χ3v) is 7.30. The molecule has 1 aromatic heterocycles.